The van der Waals surface area contributed by atoms with Crippen molar-refractivity contribution in [3.8, 4) is 0 Å². The topological polar surface area (TPSA) is 88.3 Å². The van der Waals surface area contributed by atoms with E-state index in [9.17, 15) is 8.42 Å². The smallest absolute Gasteiger partial charge is 0.241 e. The number of nitrogens with one attached hydrogen (secondary N) is 1. The van der Waals surface area contributed by atoms with Gasteiger partial charge in [-0.05, 0) is 31.7 Å². The number of nitrogens with two attached hydrogens (primary N) is 1. The maximum Gasteiger partial charge on any atom is 0.241 e. The first kappa shape index (κ1) is 17.4. The van der Waals surface area contributed by atoms with E-state index in [-0.39, 0.29) is 16.8 Å². The predicted octanol–water partition coefficient (Wildman–Crippen LogP) is 1.66. The van der Waals surface area contributed by atoms with Crippen LogP contribution in [0.5, 0.6) is 0 Å². The number of pyridine rings is 1. The van der Waals surface area contributed by atoms with Gasteiger partial charge in [0, 0.05) is 25.3 Å². The predicted molar refractivity (Wildman–Crippen MR) is 91.5 cm³/mol. The lowest BCUT2D eigenvalue weighted by molar-refractivity contribution is 0.316. The summed E-state index contributed by atoms with van der Waals surface area (Å²) in [6.45, 7) is 3.52. The standard InChI is InChI=1S/C16H22N4O2S/c1-13(11-20(2)12-14-7-4-3-5-8-14)19-16-15(23(17,21)22)9-6-10-18-16/h3-10,13H,11-12H2,1-2H3,(H,18,19)(H2,17,21,22). The van der Waals surface area contributed by atoms with Crippen LogP contribution < -0.4 is 10.5 Å². The fourth-order valence-electron chi connectivity index (χ4n) is 2.43. The third-order valence-electron chi connectivity index (χ3n) is 3.34. The molecule has 0 spiro atoms. The van der Waals surface area contributed by atoms with Crippen LogP contribution in [0.25, 0.3) is 0 Å². The first-order valence-electron chi connectivity index (χ1n) is 7.33. The molecule has 1 aromatic heterocycles. The molecule has 1 aromatic carbocycles. The van der Waals surface area contributed by atoms with Crippen LogP contribution in [-0.4, -0.2) is 37.9 Å². The SMILES string of the molecule is CC(CN(C)Cc1ccccc1)Nc1ncccc1S(N)(=O)=O. The van der Waals surface area contributed by atoms with Gasteiger partial charge in [0.1, 0.15) is 10.7 Å². The number of benzene rings is 1. The summed E-state index contributed by atoms with van der Waals surface area (Å²) in [6, 6.07) is 13.2. The van der Waals surface area contributed by atoms with Gasteiger partial charge in [-0.3, -0.25) is 0 Å². The number of sulfonamides is 1. The zero-order valence-electron chi connectivity index (χ0n) is 13.3. The van der Waals surface area contributed by atoms with E-state index in [0.717, 1.165) is 13.1 Å². The minimum absolute atomic E-state index is 0.0116. The highest BCUT2D eigenvalue weighted by Gasteiger charge is 2.16. The molecular weight excluding hydrogens is 312 g/mol. The van der Waals surface area contributed by atoms with E-state index in [0.29, 0.717) is 0 Å². The number of hydrogen-bond acceptors (Lipinski definition) is 5. The molecular formula is C16H22N4O2S. The van der Waals surface area contributed by atoms with Gasteiger partial charge in [-0.1, -0.05) is 30.3 Å². The summed E-state index contributed by atoms with van der Waals surface area (Å²) in [7, 11) is -1.78. The minimum atomic E-state index is -3.79. The first-order valence-corrected chi connectivity index (χ1v) is 8.87. The monoisotopic (exact) mass is 334 g/mol. The highest BCUT2D eigenvalue weighted by molar-refractivity contribution is 7.89. The molecule has 1 unspecified atom stereocenters. The largest absolute Gasteiger partial charge is 0.365 e. The number of anilines is 1. The summed E-state index contributed by atoms with van der Waals surface area (Å²) in [4.78, 5) is 6.26. The number of likely N-dealkylation sites (N-methyl/N-ethyl adjacent to an activating group) is 1. The van der Waals surface area contributed by atoms with Gasteiger partial charge in [0.15, 0.2) is 0 Å². The molecule has 0 amide bonds. The van der Waals surface area contributed by atoms with E-state index in [4.69, 9.17) is 5.14 Å². The summed E-state index contributed by atoms with van der Waals surface area (Å²) < 4.78 is 23.2. The van der Waals surface area contributed by atoms with Gasteiger partial charge >= 0.3 is 0 Å². The maximum atomic E-state index is 11.6. The third-order valence-corrected chi connectivity index (χ3v) is 4.28. The molecule has 0 aliphatic carbocycles. The van der Waals surface area contributed by atoms with Gasteiger partial charge in [0.25, 0.3) is 0 Å². The Morgan fingerprint density at radius 2 is 1.91 bits per heavy atom. The molecule has 2 aromatic rings. The Kier molecular flexibility index (Phi) is 5.70. The Balaban J connectivity index is 1.99. The Morgan fingerprint density at radius 3 is 2.57 bits per heavy atom. The van der Waals surface area contributed by atoms with Crippen molar-refractivity contribution in [2.24, 2.45) is 5.14 Å². The van der Waals surface area contributed by atoms with Crippen molar-refractivity contribution in [1.29, 1.82) is 0 Å². The zero-order chi connectivity index (χ0) is 16.9. The van der Waals surface area contributed by atoms with Crippen molar-refractivity contribution in [2.75, 3.05) is 18.9 Å². The summed E-state index contributed by atoms with van der Waals surface area (Å²) in [5.74, 6) is 0.288. The van der Waals surface area contributed by atoms with Gasteiger partial charge < -0.3 is 10.2 Å². The summed E-state index contributed by atoms with van der Waals surface area (Å²) in [5, 5.41) is 8.34. The molecule has 0 aliphatic heterocycles. The van der Waals surface area contributed by atoms with Crippen LogP contribution in [-0.2, 0) is 16.6 Å². The van der Waals surface area contributed by atoms with Crippen LogP contribution in [0.2, 0.25) is 0 Å². The zero-order valence-corrected chi connectivity index (χ0v) is 14.1. The lowest BCUT2D eigenvalue weighted by atomic mass is 10.2. The van der Waals surface area contributed by atoms with Crippen LogP contribution in [0.3, 0.4) is 0 Å². The van der Waals surface area contributed by atoms with E-state index in [1.165, 1.54) is 17.8 Å². The van der Waals surface area contributed by atoms with E-state index < -0.39 is 10.0 Å². The highest BCUT2D eigenvalue weighted by Crippen LogP contribution is 2.17. The van der Waals surface area contributed by atoms with Crippen molar-refractivity contribution in [3.05, 3.63) is 54.2 Å². The van der Waals surface area contributed by atoms with Crippen molar-refractivity contribution < 1.29 is 8.42 Å². The normalized spacial score (nSPS) is 13.0. The van der Waals surface area contributed by atoms with Crippen molar-refractivity contribution in [1.82, 2.24) is 9.88 Å². The Labute approximate surface area is 137 Å². The van der Waals surface area contributed by atoms with E-state index >= 15 is 0 Å². The third kappa shape index (κ3) is 5.31. The lowest BCUT2D eigenvalue weighted by Gasteiger charge is -2.23. The average Bonchev–Trinajstić information content (AvgIpc) is 2.47. The molecule has 6 nitrogen and oxygen atoms in total. The second kappa shape index (κ2) is 7.54. The Hall–Kier alpha value is -1.96. The van der Waals surface area contributed by atoms with Crippen LogP contribution in [0.4, 0.5) is 5.82 Å². The van der Waals surface area contributed by atoms with E-state index in [1.807, 2.05) is 32.2 Å². The van der Waals surface area contributed by atoms with Gasteiger partial charge in [-0.15, -0.1) is 0 Å². The molecule has 0 aliphatic rings. The second-order valence-corrected chi connectivity index (χ2v) is 7.15. The van der Waals surface area contributed by atoms with E-state index in [1.54, 1.807) is 6.07 Å². The molecule has 1 atom stereocenters. The number of primary sulfonamides is 1. The Morgan fingerprint density at radius 1 is 1.22 bits per heavy atom. The summed E-state index contributed by atoms with van der Waals surface area (Å²) in [6.07, 6.45) is 1.54. The van der Waals surface area contributed by atoms with Gasteiger partial charge in [-0.25, -0.2) is 18.5 Å². The molecule has 7 heteroatoms. The van der Waals surface area contributed by atoms with Crippen molar-refractivity contribution in [2.45, 2.75) is 24.4 Å². The molecule has 1 heterocycles. The van der Waals surface area contributed by atoms with Crippen molar-refractivity contribution in [3.63, 3.8) is 0 Å². The maximum absolute atomic E-state index is 11.6. The second-order valence-electron chi connectivity index (χ2n) is 5.62. The molecule has 2 rings (SSSR count). The van der Waals surface area contributed by atoms with Crippen LogP contribution >= 0.6 is 0 Å². The fraction of sp³-hybridized carbons (Fsp3) is 0.312. The van der Waals surface area contributed by atoms with Crippen LogP contribution in [0.15, 0.2) is 53.6 Å². The highest BCUT2D eigenvalue weighted by atomic mass is 32.2. The number of rotatable bonds is 7. The van der Waals surface area contributed by atoms with Gasteiger partial charge in [-0.2, -0.15) is 0 Å². The number of aromatic nitrogens is 1. The molecule has 23 heavy (non-hydrogen) atoms. The van der Waals surface area contributed by atoms with Gasteiger partial charge in [0.2, 0.25) is 10.0 Å². The molecule has 0 saturated heterocycles. The molecule has 3 N–H and O–H groups in total. The molecule has 124 valence electrons. The Bertz CT molecular complexity index is 735. The van der Waals surface area contributed by atoms with Crippen LogP contribution in [0, 0.1) is 0 Å². The number of hydrogen-bond donors (Lipinski definition) is 2. The molecule has 0 bridgehead atoms. The number of nitrogens with zero attached hydrogens (tertiary/aromatic N) is 2. The van der Waals surface area contributed by atoms with Gasteiger partial charge in [0.05, 0.1) is 0 Å². The van der Waals surface area contributed by atoms with Crippen molar-refractivity contribution >= 4 is 15.8 Å². The fourth-order valence-corrected chi connectivity index (χ4v) is 3.08. The molecule has 0 fully saturated rings. The minimum Gasteiger partial charge on any atom is -0.365 e. The van der Waals surface area contributed by atoms with Crippen LogP contribution in [0.1, 0.15) is 12.5 Å². The summed E-state index contributed by atoms with van der Waals surface area (Å²) >= 11 is 0. The quantitative estimate of drug-likeness (QED) is 0.804. The summed E-state index contributed by atoms with van der Waals surface area (Å²) in [5.41, 5.74) is 1.23. The molecule has 0 radical (unpaired) electrons. The molecule has 0 saturated carbocycles. The first-order chi connectivity index (χ1) is 10.9. The van der Waals surface area contributed by atoms with E-state index in [2.05, 4.69) is 27.3 Å². The lowest BCUT2D eigenvalue weighted by Crippen LogP contribution is -2.32. The average molecular weight is 334 g/mol.